The average molecular weight is 232 g/mol. The Morgan fingerprint density at radius 2 is 1.12 bits per heavy atom. The predicted octanol–water partition coefficient (Wildman–Crippen LogP) is 4.41. The van der Waals surface area contributed by atoms with Gasteiger partial charge in [-0.25, -0.2) is 13.2 Å². The highest BCUT2D eigenvalue weighted by molar-refractivity contribution is 5.99. The smallest absolute Gasteiger partial charge is 0.139 e. The minimum Gasteiger partial charge on any atom is -0.207 e. The Bertz CT molecular complexity index is 732. The average Bonchev–Trinajstić information content (AvgIpc) is 2.36. The molecule has 17 heavy (non-hydrogen) atoms. The second kappa shape index (κ2) is 3.48. The highest BCUT2D eigenvalue weighted by Crippen LogP contribution is 2.30. The third-order valence-corrected chi connectivity index (χ3v) is 2.85. The van der Waals surface area contributed by atoms with Gasteiger partial charge >= 0.3 is 0 Å². The SMILES string of the molecule is Fc1ccc2c(F)c3ccccc3c(F)c2c1. The highest BCUT2D eigenvalue weighted by Gasteiger charge is 2.13. The molecule has 3 aromatic carbocycles. The summed E-state index contributed by atoms with van der Waals surface area (Å²) in [4.78, 5) is 0. The van der Waals surface area contributed by atoms with E-state index >= 15 is 0 Å². The lowest BCUT2D eigenvalue weighted by Crippen LogP contribution is -1.90. The molecule has 3 rings (SSSR count). The number of rotatable bonds is 0. The fourth-order valence-corrected chi connectivity index (χ4v) is 2.05. The van der Waals surface area contributed by atoms with Crippen molar-refractivity contribution < 1.29 is 13.2 Å². The van der Waals surface area contributed by atoms with E-state index in [4.69, 9.17) is 0 Å². The molecule has 0 spiro atoms. The van der Waals surface area contributed by atoms with Gasteiger partial charge in [0.1, 0.15) is 17.5 Å². The van der Waals surface area contributed by atoms with Crippen LogP contribution in [-0.2, 0) is 0 Å². The third-order valence-electron chi connectivity index (χ3n) is 2.85. The van der Waals surface area contributed by atoms with Gasteiger partial charge in [-0.15, -0.1) is 0 Å². The van der Waals surface area contributed by atoms with Crippen LogP contribution < -0.4 is 0 Å². The minimum absolute atomic E-state index is 0.0267. The Morgan fingerprint density at radius 3 is 1.76 bits per heavy atom. The van der Waals surface area contributed by atoms with E-state index in [2.05, 4.69) is 0 Å². The van der Waals surface area contributed by atoms with Gasteiger partial charge in [-0.05, 0) is 18.2 Å². The maximum atomic E-state index is 14.1. The van der Waals surface area contributed by atoms with E-state index in [0.717, 1.165) is 12.1 Å². The molecule has 0 radical (unpaired) electrons. The molecule has 3 heteroatoms. The molecule has 0 atom stereocenters. The van der Waals surface area contributed by atoms with Crippen molar-refractivity contribution >= 4 is 21.5 Å². The molecular weight excluding hydrogens is 225 g/mol. The van der Waals surface area contributed by atoms with Gasteiger partial charge in [0.05, 0.1) is 0 Å². The van der Waals surface area contributed by atoms with E-state index in [0.29, 0.717) is 0 Å². The van der Waals surface area contributed by atoms with E-state index in [1.807, 2.05) is 0 Å². The van der Waals surface area contributed by atoms with E-state index in [-0.39, 0.29) is 21.5 Å². The van der Waals surface area contributed by atoms with Crippen LogP contribution in [0.4, 0.5) is 13.2 Å². The van der Waals surface area contributed by atoms with E-state index in [9.17, 15) is 13.2 Å². The zero-order valence-corrected chi connectivity index (χ0v) is 8.68. The van der Waals surface area contributed by atoms with Crippen molar-refractivity contribution in [3.05, 3.63) is 59.9 Å². The number of benzene rings is 3. The van der Waals surface area contributed by atoms with E-state index < -0.39 is 17.5 Å². The first-order valence-electron chi connectivity index (χ1n) is 5.13. The molecular formula is C14H7F3. The van der Waals surface area contributed by atoms with Crippen LogP contribution >= 0.6 is 0 Å². The summed E-state index contributed by atoms with van der Waals surface area (Å²) in [6.45, 7) is 0. The second-order valence-electron chi connectivity index (χ2n) is 3.86. The summed E-state index contributed by atoms with van der Waals surface area (Å²) >= 11 is 0. The normalized spacial score (nSPS) is 11.2. The van der Waals surface area contributed by atoms with Crippen LogP contribution in [0.2, 0.25) is 0 Å². The Morgan fingerprint density at radius 1 is 0.588 bits per heavy atom. The zero-order chi connectivity index (χ0) is 12.0. The lowest BCUT2D eigenvalue weighted by molar-refractivity contribution is 0.619. The molecule has 3 aromatic rings. The summed E-state index contributed by atoms with van der Waals surface area (Å²) < 4.78 is 41.2. The zero-order valence-electron chi connectivity index (χ0n) is 8.68. The first kappa shape index (κ1) is 10.1. The van der Waals surface area contributed by atoms with Gasteiger partial charge in [0.15, 0.2) is 0 Å². The Labute approximate surface area is 95.3 Å². The fourth-order valence-electron chi connectivity index (χ4n) is 2.05. The van der Waals surface area contributed by atoms with Gasteiger partial charge in [-0.2, -0.15) is 0 Å². The maximum Gasteiger partial charge on any atom is 0.139 e. The number of hydrogen-bond acceptors (Lipinski definition) is 0. The van der Waals surface area contributed by atoms with Crippen LogP contribution in [0.5, 0.6) is 0 Å². The summed E-state index contributed by atoms with van der Waals surface area (Å²) in [7, 11) is 0. The lowest BCUT2D eigenvalue weighted by atomic mass is 10.0. The predicted molar refractivity (Wildman–Crippen MR) is 61.3 cm³/mol. The van der Waals surface area contributed by atoms with Crippen LogP contribution in [-0.4, -0.2) is 0 Å². The van der Waals surface area contributed by atoms with Crippen molar-refractivity contribution in [1.29, 1.82) is 0 Å². The molecule has 0 amide bonds. The Kier molecular flexibility index (Phi) is 2.08. The molecule has 0 fully saturated rings. The number of fused-ring (bicyclic) bond motifs is 2. The van der Waals surface area contributed by atoms with Crippen LogP contribution in [0.25, 0.3) is 21.5 Å². The Balaban J connectivity index is 2.63. The van der Waals surface area contributed by atoms with Gasteiger partial charge < -0.3 is 0 Å². The Hall–Kier alpha value is -2.03. The number of hydrogen-bond donors (Lipinski definition) is 0. The molecule has 0 aromatic heterocycles. The maximum absolute atomic E-state index is 14.1. The van der Waals surface area contributed by atoms with Crippen molar-refractivity contribution in [2.45, 2.75) is 0 Å². The molecule has 0 saturated carbocycles. The van der Waals surface area contributed by atoms with Crippen molar-refractivity contribution in [3.8, 4) is 0 Å². The third kappa shape index (κ3) is 1.39. The topological polar surface area (TPSA) is 0 Å². The van der Waals surface area contributed by atoms with Gasteiger partial charge in [-0.1, -0.05) is 24.3 Å². The minimum atomic E-state index is -0.587. The first-order chi connectivity index (χ1) is 8.18. The molecule has 0 aliphatic rings. The molecule has 0 heterocycles. The standard InChI is InChI=1S/C14H7F3/c15-8-5-6-11-12(7-8)14(17)10-4-2-1-3-9(10)13(11)16/h1-7H. The van der Waals surface area contributed by atoms with Crippen molar-refractivity contribution in [2.75, 3.05) is 0 Å². The molecule has 0 bridgehead atoms. The summed E-state index contributed by atoms with van der Waals surface area (Å²) in [5, 5.41) is 0.455. The summed E-state index contributed by atoms with van der Waals surface area (Å²) in [6.07, 6.45) is 0. The van der Waals surface area contributed by atoms with Crippen molar-refractivity contribution in [2.24, 2.45) is 0 Å². The van der Waals surface area contributed by atoms with Gasteiger partial charge in [0.2, 0.25) is 0 Å². The van der Waals surface area contributed by atoms with Crippen molar-refractivity contribution in [3.63, 3.8) is 0 Å². The van der Waals surface area contributed by atoms with Crippen LogP contribution in [0.3, 0.4) is 0 Å². The quantitative estimate of drug-likeness (QED) is 0.503. The molecule has 0 aliphatic heterocycles. The number of halogens is 3. The highest BCUT2D eigenvalue weighted by atomic mass is 19.1. The van der Waals surface area contributed by atoms with Gasteiger partial charge in [0, 0.05) is 21.5 Å². The monoisotopic (exact) mass is 232 g/mol. The van der Waals surface area contributed by atoms with Gasteiger partial charge in [0.25, 0.3) is 0 Å². The largest absolute Gasteiger partial charge is 0.207 e. The van der Waals surface area contributed by atoms with Crippen LogP contribution in [0.15, 0.2) is 42.5 Å². The molecule has 0 unspecified atom stereocenters. The molecule has 0 nitrogen and oxygen atoms in total. The molecule has 0 N–H and O–H groups in total. The summed E-state index contributed by atoms with van der Waals surface area (Å²) in [5.41, 5.74) is 0. The molecule has 0 saturated heterocycles. The second-order valence-corrected chi connectivity index (χ2v) is 3.86. The fraction of sp³-hybridized carbons (Fsp3) is 0. The van der Waals surface area contributed by atoms with Crippen LogP contribution in [0, 0.1) is 17.5 Å². The van der Waals surface area contributed by atoms with Crippen molar-refractivity contribution in [1.82, 2.24) is 0 Å². The van der Waals surface area contributed by atoms with Crippen LogP contribution in [0.1, 0.15) is 0 Å². The molecule has 84 valence electrons. The van der Waals surface area contributed by atoms with E-state index in [1.165, 1.54) is 18.2 Å². The summed E-state index contributed by atoms with van der Waals surface area (Å²) in [6, 6.07) is 9.65. The molecule has 0 aliphatic carbocycles. The van der Waals surface area contributed by atoms with E-state index in [1.54, 1.807) is 12.1 Å². The summed E-state index contributed by atoms with van der Waals surface area (Å²) in [5.74, 6) is -1.68. The van der Waals surface area contributed by atoms with Gasteiger partial charge in [-0.3, -0.25) is 0 Å². The lowest BCUT2D eigenvalue weighted by Gasteiger charge is -2.06. The first-order valence-corrected chi connectivity index (χ1v) is 5.13.